The minimum atomic E-state index is 0.189. The van der Waals surface area contributed by atoms with Gasteiger partial charge in [0.2, 0.25) is 0 Å². The molecule has 3 nitrogen and oxygen atoms in total. The van der Waals surface area contributed by atoms with Crippen LogP contribution in [0.3, 0.4) is 0 Å². The number of aldehydes is 1. The fourth-order valence-electron chi connectivity index (χ4n) is 1.68. The van der Waals surface area contributed by atoms with Crippen molar-refractivity contribution in [2.75, 3.05) is 0 Å². The maximum absolute atomic E-state index is 10.9. The molecule has 0 unspecified atom stereocenters. The maximum atomic E-state index is 10.9. The van der Waals surface area contributed by atoms with Gasteiger partial charge in [0.1, 0.15) is 12.4 Å². The molecule has 0 saturated carbocycles. The van der Waals surface area contributed by atoms with Gasteiger partial charge in [0, 0.05) is 5.56 Å². The van der Waals surface area contributed by atoms with Crippen molar-refractivity contribution in [3.05, 3.63) is 64.2 Å². The number of nitrogens with zero attached hydrogens (tertiary/aromatic N) is 1. The lowest BCUT2D eigenvalue weighted by molar-refractivity contribution is 0.111. The van der Waals surface area contributed by atoms with Crippen molar-refractivity contribution < 1.29 is 9.53 Å². The van der Waals surface area contributed by atoms with Crippen LogP contribution in [0, 0.1) is 11.3 Å². The highest BCUT2D eigenvalue weighted by atomic mass is 35.5. The second-order valence-electron chi connectivity index (χ2n) is 3.83. The summed E-state index contributed by atoms with van der Waals surface area (Å²) in [6, 6.07) is 14.2. The summed E-state index contributed by atoms with van der Waals surface area (Å²) >= 11 is 6.00. The third-order valence-corrected chi connectivity index (χ3v) is 2.93. The largest absolute Gasteiger partial charge is 0.487 e. The molecule has 2 rings (SSSR count). The van der Waals surface area contributed by atoms with E-state index in [0.29, 0.717) is 28.2 Å². The first-order valence-corrected chi connectivity index (χ1v) is 5.98. The number of para-hydroxylation sites is 1. The summed E-state index contributed by atoms with van der Waals surface area (Å²) in [5.41, 5.74) is 1.69. The van der Waals surface area contributed by atoms with Crippen LogP contribution < -0.4 is 4.74 Å². The molecule has 0 heterocycles. The highest BCUT2D eigenvalue weighted by molar-refractivity contribution is 6.32. The van der Waals surface area contributed by atoms with Gasteiger partial charge in [0.15, 0.2) is 6.29 Å². The van der Waals surface area contributed by atoms with Crippen LogP contribution in [0.2, 0.25) is 5.02 Å². The highest BCUT2D eigenvalue weighted by Crippen LogP contribution is 2.28. The van der Waals surface area contributed by atoms with Crippen LogP contribution in [0.4, 0.5) is 0 Å². The summed E-state index contributed by atoms with van der Waals surface area (Å²) in [4.78, 5) is 10.9. The molecule has 0 radical (unpaired) electrons. The molecule has 2 aromatic carbocycles. The predicted octanol–water partition coefficient (Wildman–Crippen LogP) is 3.60. The lowest BCUT2D eigenvalue weighted by Crippen LogP contribution is -2.00. The Labute approximate surface area is 116 Å². The number of rotatable bonds is 4. The number of nitriles is 1. The number of carbonyl (C=O) groups is 1. The molecule has 0 atom stereocenters. The Balaban J connectivity index is 2.24. The summed E-state index contributed by atoms with van der Waals surface area (Å²) in [6.45, 7) is 0.189. The van der Waals surface area contributed by atoms with Crippen molar-refractivity contribution in [1.82, 2.24) is 0 Å². The molecule has 2 aromatic rings. The van der Waals surface area contributed by atoms with Crippen LogP contribution in [0.25, 0.3) is 0 Å². The van der Waals surface area contributed by atoms with Gasteiger partial charge in [-0.2, -0.15) is 5.26 Å². The van der Waals surface area contributed by atoms with Gasteiger partial charge in [-0.1, -0.05) is 35.9 Å². The van der Waals surface area contributed by atoms with Gasteiger partial charge in [-0.25, -0.2) is 0 Å². The minimum Gasteiger partial charge on any atom is -0.487 e. The monoisotopic (exact) mass is 271 g/mol. The maximum Gasteiger partial charge on any atom is 0.153 e. The molecule has 19 heavy (non-hydrogen) atoms. The van der Waals surface area contributed by atoms with E-state index in [1.54, 1.807) is 36.4 Å². The van der Waals surface area contributed by atoms with Crippen LogP contribution in [-0.2, 0) is 6.61 Å². The first-order chi connectivity index (χ1) is 9.26. The van der Waals surface area contributed by atoms with Crippen molar-refractivity contribution in [1.29, 1.82) is 5.26 Å². The average molecular weight is 272 g/mol. The van der Waals surface area contributed by atoms with E-state index in [-0.39, 0.29) is 6.61 Å². The fourth-order valence-corrected chi connectivity index (χ4v) is 1.91. The number of halogens is 1. The van der Waals surface area contributed by atoms with Crippen molar-refractivity contribution in [3.63, 3.8) is 0 Å². The van der Waals surface area contributed by atoms with Gasteiger partial charge in [-0.3, -0.25) is 4.79 Å². The summed E-state index contributed by atoms with van der Waals surface area (Å²) in [5, 5.41) is 9.36. The second kappa shape index (κ2) is 6.03. The molecule has 94 valence electrons. The SMILES string of the molecule is N#Cc1ccccc1COc1c(Cl)cccc1C=O. The molecular formula is C15H10ClNO2. The van der Waals surface area contributed by atoms with Crippen LogP contribution >= 0.6 is 11.6 Å². The summed E-state index contributed by atoms with van der Waals surface area (Å²) in [7, 11) is 0. The van der Waals surface area contributed by atoms with Crippen LogP contribution in [-0.4, -0.2) is 6.29 Å². The van der Waals surface area contributed by atoms with Crippen molar-refractivity contribution in [2.45, 2.75) is 6.61 Å². The average Bonchev–Trinajstić information content (AvgIpc) is 2.46. The summed E-state index contributed by atoms with van der Waals surface area (Å²) in [6.07, 6.45) is 0.692. The normalized spacial score (nSPS) is 9.68. The van der Waals surface area contributed by atoms with Gasteiger partial charge in [0.25, 0.3) is 0 Å². The number of benzene rings is 2. The van der Waals surface area contributed by atoms with E-state index in [1.165, 1.54) is 0 Å². The van der Waals surface area contributed by atoms with E-state index in [1.807, 2.05) is 6.07 Å². The number of carbonyl (C=O) groups excluding carboxylic acids is 1. The van der Waals surface area contributed by atoms with E-state index < -0.39 is 0 Å². The Hall–Kier alpha value is -2.31. The zero-order chi connectivity index (χ0) is 13.7. The second-order valence-corrected chi connectivity index (χ2v) is 4.24. The molecule has 0 N–H and O–H groups in total. The number of ether oxygens (including phenoxy) is 1. The number of hydrogen-bond acceptors (Lipinski definition) is 3. The third kappa shape index (κ3) is 2.93. The molecule has 4 heteroatoms. The van der Waals surface area contributed by atoms with Crippen LogP contribution in [0.1, 0.15) is 21.5 Å². The van der Waals surface area contributed by atoms with E-state index in [2.05, 4.69) is 6.07 Å². The van der Waals surface area contributed by atoms with Crippen molar-refractivity contribution >= 4 is 17.9 Å². The van der Waals surface area contributed by atoms with Gasteiger partial charge in [0.05, 0.1) is 22.2 Å². The van der Waals surface area contributed by atoms with E-state index in [4.69, 9.17) is 21.6 Å². The first kappa shape index (κ1) is 13.1. The molecule has 0 aliphatic carbocycles. The van der Waals surface area contributed by atoms with Gasteiger partial charge < -0.3 is 4.74 Å². The molecule has 0 aliphatic heterocycles. The molecule has 0 spiro atoms. The van der Waals surface area contributed by atoms with Crippen molar-refractivity contribution in [3.8, 4) is 11.8 Å². The van der Waals surface area contributed by atoms with E-state index >= 15 is 0 Å². The molecule has 0 fully saturated rings. The molecule has 0 saturated heterocycles. The molecule has 0 amide bonds. The topological polar surface area (TPSA) is 50.1 Å². The minimum absolute atomic E-state index is 0.189. The lowest BCUT2D eigenvalue weighted by atomic mass is 10.1. The Bertz CT molecular complexity index is 647. The number of hydrogen-bond donors (Lipinski definition) is 0. The smallest absolute Gasteiger partial charge is 0.153 e. The highest BCUT2D eigenvalue weighted by Gasteiger charge is 2.09. The Morgan fingerprint density at radius 2 is 2.00 bits per heavy atom. The lowest BCUT2D eigenvalue weighted by Gasteiger charge is -2.10. The van der Waals surface area contributed by atoms with Gasteiger partial charge in [-0.15, -0.1) is 0 Å². The Kier molecular flexibility index (Phi) is 4.17. The first-order valence-electron chi connectivity index (χ1n) is 5.60. The third-order valence-electron chi connectivity index (χ3n) is 2.63. The van der Waals surface area contributed by atoms with Crippen molar-refractivity contribution in [2.24, 2.45) is 0 Å². The van der Waals surface area contributed by atoms with Gasteiger partial charge in [-0.05, 0) is 18.2 Å². The van der Waals surface area contributed by atoms with Crippen LogP contribution in [0.15, 0.2) is 42.5 Å². The summed E-state index contributed by atoms with van der Waals surface area (Å²) in [5.74, 6) is 0.340. The summed E-state index contributed by atoms with van der Waals surface area (Å²) < 4.78 is 5.57. The zero-order valence-corrected chi connectivity index (χ0v) is 10.7. The Morgan fingerprint density at radius 1 is 1.21 bits per heavy atom. The molecule has 0 bridgehead atoms. The van der Waals surface area contributed by atoms with E-state index in [9.17, 15) is 4.79 Å². The predicted molar refractivity (Wildman–Crippen MR) is 72.3 cm³/mol. The Morgan fingerprint density at radius 3 is 2.74 bits per heavy atom. The molecule has 0 aliphatic rings. The van der Waals surface area contributed by atoms with Crippen LogP contribution in [0.5, 0.6) is 5.75 Å². The van der Waals surface area contributed by atoms with E-state index in [0.717, 1.165) is 5.56 Å². The molecule has 0 aromatic heterocycles. The quantitative estimate of drug-likeness (QED) is 0.798. The van der Waals surface area contributed by atoms with Gasteiger partial charge >= 0.3 is 0 Å². The zero-order valence-electron chi connectivity index (χ0n) is 9.97. The standard InChI is InChI=1S/C15H10ClNO2/c16-14-7-3-6-12(9-18)15(14)19-10-13-5-2-1-4-11(13)8-17/h1-7,9H,10H2. The fraction of sp³-hybridized carbons (Fsp3) is 0.0667. The molecular weight excluding hydrogens is 262 g/mol.